The predicted octanol–water partition coefficient (Wildman–Crippen LogP) is -0.138. The van der Waals surface area contributed by atoms with Crippen LogP contribution >= 0.6 is 11.8 Å². The maximum absolute atomic E-state index is 11.9. The number of rotatable bonds is 6. The maximum atomic E-state index is 11.9. The number of carboxylic acids is 1. The van der Waals surface area contributed by atoms with Gasteiger partial charge in [0.25, 0.3) is 5.91 Å². The number of nitrogens with two attached hydrogens (primary N) is 1. The summed E-state index contributed by atoms with van der Waals surface area (Å²) in [6.45, 7) is 0. The molecular weight excluding hydrogens is 270 g/mol. The lowest BCUT2D eigenvalue weighted by Crippen LogP contribution is -2.43. The molecule has 102 valence electrons. The fourth-order valence-corrected chi connectivity index (χ4v) is 1.91. The minimum Gasteiger partial charge on any atom is -0.480 e. The van der Waals surface area contributed by atoms with Crippen molar-refractivity contribution in [1.82, 2.24) is 10.3 Å². The van der Waals surface area contributed by atoms with Crippen LogP contribution in [0.1, 0.15) is 16.8 Å². The Hall–Kier alpha value is -2.09. The highest BCUT2D eigenvalue weighted by atomic mass is 32.2. The number of hydrogen-bond donors (Lipinski definition) is 3. The Morgan fingerprint density at radius 2 is 2.21 bits per heavy atom. The fraction of sp³-hybridized carbons (Fsp3) is 0.273. The quantitative estimate of drug-likeness (QED) is 0.625. The van der Waals surface area contributed by atoms with Crippen molar-refractivity contribution in [3.63, 3.8) is 0 Å². The van der Waals surface area contributed by atoms with Crippen LogP contribution in [-0.2, 0) is 9.59 Å². The zero-order chi connectivity index (χ0) is 14.4. The summed E-state index contributed by atoms with van der Waals surface area (Å²) in [6, 6.07) is 1.75. The van der Waals surface area contributed by atoms with Gasteiger partial charge in [0, 0.05) is 6.20 Å². The van der Waals surface area contributed by atoms with E-state index in [4.69, 9.17) is 10.8 Å². The van der Waals surface area contributed by atoms with E-state index >= 15 is 0 Å². The highest BCUT2D eigenvalue weighted by molar-refractivity contribution is 7.98. The van der Waals surface area contributed by atoms with Crippen molar-refractivity contribution in [2.45, 2.75) is 17.5 Å². The number of carboxylic acid groups (broad SMARTS) is 1. The molecule has 1 aromatic rings. The van der Waals surface area contributed by atoms with Crippen molar-refractivity contribution in [1.29, 1.82) is 0 Å². The number of primary amides is 1. The lowest BCUT2D eigenvalue weighted by molar-refractivity contribution is -0.140. The van der Waals surface area contributed by atoms with Crippen LogP contribution in [0.3, 0.4) is 0 Å². The zero-order valence-electron chi connectivity index (χ0n) is 10.1. The smallest absolute Gasteiger partial charge is 0.326 e. The number of amides is 2. The topological polar surface area (TPSA) is 122 Å². The molecule has 0 bridgehead atoms. The van der Waals surface area contributed by atoms with Gasteiger partial charge in [-0.1, -0.05) is 0 Å². The van der Waals surface area contributed by atoms with E-state index in [-0.39, 0.29) is 5.56 Å². The summed E-state index contributed by atoms with van der Waals surface area (Å²) in [6.07, 6.45) is 2.81. The van der Waals surface area contributed by atoms with Crippen molar-refractivity contribution in [2.75, 3.05) is 6.26 Å². The highest BCUT2D eigenvalue weighted by Crippen LogP contribution is 2.16. The van der Waals surface area contributed by atoms with Gasteiger partial charge >= 0.3 is 5.97 Å². The van der Waals surface area contributed by atoms with Crippen LogP contribution in [0.5, 0.6) is 0 Å². The third kappa shape index (κ3) is 4.25. The van der Waals surface area contributed by atoms with Crippen LogP contribution in [0.4, 0.5) is 0 Å². The molecule has 0 aliphatic rings. The van der Waals surface area contributed by atoms with E-state index in [0.717, 1.165) is 0 Å². The lowest BCUT2D eigenvalue weighted by atomic mass is 10.2. The molecule has 8 heteroatoms. The minimum absolute atomic E-state index is 0.255. The van der Waals surface area contributed by atoms with Crippen molar-refractivity contribution in [3.05, 3.63) is 23.9 Å². The second-order valence-corrected chi connectivity index (χ2v) is 4.39. The molecule has 19 heavy (non-hydrogen) atoms. The van der Waals surface area contributed by atoms with E-state index in [1.165, 1.54) is 24.0 Å². The summed E-state index contributed by atoms with van der Waals surface area (Å²) in [5, 5.41) is 11.6. The average molecular weight is 283 g/mol. The first-order valence-electron chi connectivity index (χ1n) is 5.26. The van der Waals surface area contributed by atoms with E-state index < -0.39 is 30.2 Å². The van der Waals surface area contributed by atoms with Gasteiger partial charge in [-0.05, 0) is 18.4 Å². The standard InChI is InChI=1S/C11H13N3O4S/c1-19-10-6(3-2-4-13-10)9(16)14-7(11(17)18)5-8(12)15/h2-4,7H,5H2,1H3,(H2,12,15)(H,14,16)(H,17,18)/t7-/m1/s1. The van der Waals surface area contributed by atoms with Gasteiger partial charge in [0.2, 0.25) is 5.91 Å². The monoisotopic (exact) mass is 283 g/mol. The molecule has 1 heterocycles. The molecule has 1 atom stereocenters. The van der Waals surface area contributed by atoms with Gasteiger partial charge in [-0.15, -0.1) is 11.8 Å². The fourth-order valence-electron chi connectivity index (χ4n) is 1.36. The first kappa shape index (κ1) is 15.0. The Labute approximate surface area is 113 Å². The number of thioether (sulfide) groups is 1. The summed E-state index contributed by atoms with van der Waals surface area (Å²) < 4.78 is 0. The van der Waals surface area contributed by atoms with E-state index in [0.29, 0.717) is 5.03 Å². The number of nitrogens with one attached hydrogen (secondary N) is 1. The second kappa shape index (κ2) is 6.74. The van der Waals surface area contributed by atoms with E-state index in [2.05, 4.69) is 10.3 Å². The molecule has 0 unspecified atom stereocenters. The van der Waals surface area contributed by atoms with Gasteiger partial charge in [0.15, 0.2) is 0 Å². The van der Waals surface area contributed by atoms with Crippen LogP contribution < -0.4 is 11.1 Å². The molecule has 7 nitrogen and oxygen atoms in total. The Morgan fingerprint density at radius 1 is 1.53 bits per heavy atom. The number of carbonyl (C=O) groups excluding carboxylic acids is 2. The Balaban J connectivity index is 2.87. The number of nitrogens with zero attached hydrogens (tertiary/aromatic N) is 1. The SMILES string of the molecule is CSc1ncccc1C(=O)N[C@H](CC(N)=O)C(=O)O. The second-order valence-electron chi connectivity index (χ2n) is 3.59. The Kier molecular flexibility index (Phi) is 5.31. The Morgan fingerprint density at radius 3 is 2.74 bits per heavy atom. The summed E-state index contributed by atoms with van der Waals surface area (Å²) in [4.78, 5) is 37.6. The van der Waals surface area contributed by atoms with E-state index in [9.17, 15) is 14.4 Å². The van der Waals surface area contributed by atoms with Crippen LogP contribution in [0.25, 0.3) is 0 Å². The van der Waals surface area contributed by atoms with Crippen molar-refractivity contribution in [2.24, 2.45) is 5.73 Å². The van der Waals surface area contributed by atoms with Gasteiger partial charge in [0.1, 0.15) is 11.1 Å². The first-order valence-corrected chi connectivity index (χ1v) is 6.49. The van der Waals surface area contributed by atoms with E-state index in [1.807, 2.05) is 0 Å². The van der Waals surface area contributed by atoms with Gasteiger partial charge in [0.05, 0.1) is 12.0 Å². The van der Waals surface area contributed by atoms with Gasteiger partial charge < -0.3 is 16.2 Å². The van der Waals surface area contributed by atoms with Crippen molar-refractivity contribution < 1.29 is 19.5 Å². The summed E-state index contributed by atoms with van der Waals surface area (Å²) in [5.41, 5.74) is 5.19. The molecular formula is C11H13N3O4S. The van der Waals surface area contributed by atoms with Crippen LogP contribution in [0.15, 0.2) is 23.4 Å². The van der Waals surface area contributed by atoms with E-state index in [1.54, 1.807) is 12.3 Å². The molecule has 1 aromatic heterocycles. The van der Waals surface area contributed by atoms with Crippen LogP contribution in [0, 0.1) is 0 Å². The molecule has 0 aromatic carbocycles. The predicted molar refractivity (Wildman–Crippen MR) is 68.7 cm³/mol. The van der Waals surface area contributed by atoms with Crippen LogP contribution in [0.2, 0.25) is 0 Å². The number of aliphatic carboxylic acids is 1. The molecule has 0 saturated heterocycles. The van der Waals surface area contributed by atoms with Gasteiger partial charge in [-0.2, -0.15) is 0 Å². The summed E-state index contributed by atoms with van der Waals surface area (Å²) in [7, 11) is 0. The van der Waals surface area contributed by atoms with Crippen LogP contribution in [-0.4, -0.2) is 40.2 Å². The Bertz CT molecular complexity index is 506. The molecule has 0 saturated carbocycles. The largest absolute Gasteiger partial charge is 0.480 e. The molecule has 0 fully saturated rings. The van der Waals surface area contributed by atoms with Gasteiger partial charge in [-0.25, -0.2) is 9.78 Å². The molecule has 0 aliphatic carbocycles. The molecule has 0 aliphatic heterocycles. The zero-order valence-corrected chi connectivity index (χ0v) is 10.9. The van der Waals surface area contributed by atoms with Crippen molar-refractivity contribution >= 4 is 29.5 Å². The van der Waals surface area contributed by atoms with Gasteiger partial charge in [-0.3, -0.25) is 9.59 Å². The molecule has 4 N–H and O–H groups in total. The highest BCUT2D eigenvalue weighted by Gasteiger charge is 2.23. The van der Waals surface area contributed by atoms with Crippen molar-refractivity contribution in [3.8, 4) is 0 Å². The third-order valence-electron chi connectivity index (χ3n) is 2.22. The molecule has 0 spiro atoms. The molecule has 0 radical (unpaired) electrons. The number of carbonyl (C=O) groups is 3. The number of aromatic nitrogens is 1. The number of pyridine rings is 1. The maximum Gasteiger partial charge on any atom is 0.326 e. The lowest BCUT2D eigenvalue weighted by Gasteiger charge is -2.13. The molecule has 2 amide bonds. The normalized spacial score (nSPS) is 11.6. The summed E-state index contributed by atoms with van der Waals surface area (Å²) in [5.74, 6) is -2.73. The summed E-state index contributed by atoms with van der Waals surface area (Å²) >= 11 is 1.26. The average Bonchev–Trinajstić information content (AvgIpc) is 2.37. The number of hydrogen-bond acceptors (Lipinski definition) is 5. The first-order chi connectivity index (χ1) is 8.95. The minimum atomic E-state index is -1.35. The third-order valence-corrected chi connectivity index (χ3v) is 2.93. The molecule has 1 rings (SSSR count).